The first-order valence-electron chi connectivity index (χ1n) is 6.48. The Morgan fingerprint density at radius 2 is 1.68 bits per heavy atom. The van der Waals surface area contributed by atoms with Crippen LogP contribution in [0.5, 0.6) is 28.7 Å². The minimum absolute atomic E-state index is 0.117. The van der Waals surface area contributed by atoms with Crippen LogP contribution in [0.25, 0.3) is 0 Å². The summed E-state index contributed by atoms with van der Waals surface area (Å²) in [6.07, 6.45) is -1.65. The van der Waals surface area contributed by atoms with E-state index in [1.165, 1.54) is 24.3 Å². The molecular formula is C15H13BrO6. The van der Waals surface area contributed by atoms with Crippen molar-refractivity contribution in [2.45, 2.75) is 18.6 Å². The summed E-state index contributed by atoms with van der Waals surface area (Å²) in [7, 11) is 0. The van der Waals surface area contributed by atoms with Crippen molar-refractivity contribution in [2.24, 2.45) is 0 Å². The predicted molar refractivity (Wildman–Crippen MR) is 80.3 cm³/mol. The molecule has 0 aromatic heterocycles. The van der Waals surface area contributed by atoms with Gasteiger partial charge < -0.3 is 30.3 Å². The van der Waals surface area contributed by atoms with Gasteiger partial charge in [-0.05, 0) is 33.6 Å². The van der Waals surface area contributed by atoms with Crippen LogP contribution in [0.15, 0.2) is 28.7 Å². The number of benzene rings is 2. The molecule has 7 heteroatoms. The Balaban J connectivity index is 2.05. The number of halogens is 1. The van der Waals surface area contributed by atoms with Crippen molar-refractivity contribution in [3.05, 3.63) is 39.9 Å². The Morgan fingerprint density at radius 1 is 0.955 bits per heavy atom. The summed E-state index contributed by atoms with van der Waals surface area (Å²) >= 11 is 3.19. The molecule has 0 saturated carbocycles. The summed E-state index contributed by atoms with van der Waals surface area (Å²) in [5.41, 5.74) is 0.847. The van der Waals surface area contributed by atoms with E-state index in [1.54, 1.807) is 0 Å². The number of aliphatic hydroxyl groups excluding tert-OH is 1. The third-order valence-electron chi connectivity index (χ3n) is 3.62. The summed E-state index contributed by atoms with van der Waals surface area (Å²) in [6, 6.07) is 5.28. The minimum atomic E-state index is -0.959. The smallest absolute Gasteiger partial charge is 0.157 e. The highest BCUT2D eigenvalue weighted by Gasteiger charge is 2.34. The second-order valence-electron chi connectivity index (χ2n) is 5.09. The van der Waals surface area contributed by atoms with Crippen LogP contribution in [-0.4, -0.2) is 31.6 Å². The summed E-state index contributed by atoms with van der Waals surface area (Å²) in [5.74, 6) is -0.704. The van der Waals surface area contributed by atoms with Gasteiger partial charge in [0.25, 0.3) is 0 Å². The number of fused-ring (bicyclic) bond motifs is 1. The molecule has 0 aliphatic carbocycles. The molecular weight excluding hydrogens is 356 g/mol. The lowest BCUT2D eigenvalue weighted by atomic mass is 9.94. The SMILES string of the molecule is Oc1ccc(C2Oc3c(Br)c(O)cc(O)c3CC2O)cc1O. The van der Waals surface area contributed by atoms with E-state index in [0.29, 0.717) is 11.1 Å². The molecule has 2 unspecified atom stereocenters. The first kappa shape index (κ1) is 14.8. The van der Waals surface area contributed by atoms with Gasteiger partial charge in [-0.15, -0.1) is 0 Å². The molecule has 0 saturated heterocycles. The predicted octanol–water partition coefficient (Wildman–Crippen LogP) is 2.31. The number of aromatic hydroxyl groups is 4. The minimum Gasteiger partial charge on any atom is -0.507 e. The number of hydrogen-bond donors (Lipinski definition) is 5. The molecule has 0 amide bonds. The van der Waals surface area contributed by atoms with Crippen LogP contribution in [0.2, 0.25) is 0 Å². The van der Waals surface area contributed by atoms with Crippen LogP contribution in [0.3, 0.4) is 0 Å². The molecule has 0 bridgehead atoms. The lowest BCUT2D eigenvalue weighted by Gasteiger charge is -2.32. The van der Waals surface area contributed by atoms with Gasteiger partial charge in [0, 0.05) is 18.1 Å². The maximum atomic E-state index is 10.3. The van der Waals surface area contributed by atoms with Gasteiger partial charge in [0.15, 0.2) is 17.6 Å². The van der Waals surface area contributed by atoms with Crippen molar-refractivity contribution in [1.82, 2.24) is 0 Å². The van der Waals surface area contributed by atoms with E-state index >= 15 is 0 Å². The standard InChI is InChI=1S/C15H13BrO6/c16-13-11(20)5-9(18)7-4-12(21)14(22-15(7)13)6-1-2-8(17)10(19)3-6/h1-3,5,12,14,17-21H,4H2. The topological polar surface area (TPSA) is 110 Å². The highest BCUT2D eigenvalue weighted by atomic mass is 79.9. The fraction of sp³-hybridized carbons (Fsp3) is 0.200. The fourth-order valence-electron chi connectivity index (χ4n) is 2.49. The molecule has 1 aliphatic rings. The molecule has 22 heavy (non-hydrogen) atoms. The zero-order valence-corrected chi connectivity index (χ0v) is 12.8. The Labute approximate surface area is 134 Å². The Hall–Kier alpha value is -2.12. The average Bonchev–Trinajstić information content (AvgIpc) is 2.47. The molecule has 1 aliphatic heterocycles. The molecule has 2 aromatic carbocycles. The van der Waals surface area contributed by atoms with E-state index in [0.717, 1.165) is 0 Å². The van der Waals surface area contributed by atoms with Gasteiger partial charge in [-0.3, -0.25) is 0 Å². The second-order valence-corrected chi connectivity index (χ2v) is 5.89. The molecule has 2 aromatic rings. The van der Waals surface area contributed by atoms with Crippen molar-refractivity contribution in [1.29, 1.82) is 0 Å². The molecule has 5 N–H and O–H groups in total. The van der Waals surface area contributed by atoms with Gasteiger partial charge >= 0.3 is 0 Å². The molecule has 3 rings (SSSR count). The van der Waals surface area contributed by atoms with E-state index in [1.807, 2.05) is 0 Å². The summed E-state index contributed by atoms with van der Waals surface area (Å²) < 4.78 is 5.99. The van der Waals surface area contributed by atoms with Crippen molar-refractivity contribution in [3.63, 3.8) is 0 Å². The van der Waals surface area contributed by atoms with Crippen LogP contribution < -0.4 is 4.74 Å². The summed E-state index contributed by atoms with van der Waals surface area (Å²) in [4.78, 5) is 0. The zero-order chi connectivity index (χ0) is 16.0. The van der Waals surface area contributed by atoms with E-state index < -0.39 is 12.2 Å². The fourth-order valence-corrected chi connectivity index (χ4v) is 2.94. The van der Waals surface area contributed by atoms with Gasteiger partial charge in [-0.25, -0.2) is 0 Å². The van der Waals surface area contributed by atoms with E-state index in [4.69, 9.17) is 4.74 Å². The quantitative estimate of drug-likeness (QED) is 0.494. The maximum Gasteiger partial charge on any atom is 0.157 e. The molecule has 0 fully saturated rings. The van der Waals surface area contributed by atoms with Crippen molar-refractivity contribution in [3.8, 4) is 28.7 Å². The largest absolute Gasteiger partial charge is 0.507 e. The third kappa shape index (κ3) is 2.32. The first-order chi connectivity index (χ1) is 10.4. The summed E-state index contributed by atoms with van der Waals surface area (Å²) in [6.45, 7) is 0. The van der Waals surface area contributed by atoms with E-state index in [9.17, 15) is 25.5 Å². The van der Waals surface area contributed by atoms with Gasteiger partial charge in [0.1, 0.15) is 21.7 Å². The third-order valence-corrected chi connectivity index (χ3v) is 4.38. The molecule has 0 radical (unpaired) electrons. The van der Waals surface area contributed by atoms with Gasteiger partial charge in [0.2, 0.25) is 0 Å². The van der Waals surface area contributed by atoms with Gasteiger partial charge in [-0.2, -0.15) is 0 Å². The molecule has 116 valence electrons. The molecule has 2 atom stereocenters. The lowest BCUT2D eigenvalue weighted by Crippen LogP contribution is -2.30. The molecule has 6 nitrogen and oxygen atoms in total. The zero-order valence-electron chi connectivity index (χ0n) is 11.2. The molecule has 0 spiro atoms. The number of phenolic OH excluding ortho intramolecular Hbond substituents is 4. The number of phenols is 4. The Bertz CT molecular complexity index is 745. The van der Waals surface area contributed by atoms with Crippen LogP contribution in [0.4, 0.5) is 0 Å². The van der Waals surface area contributed by atoms with Crippen molar-refractivity contribution in [2.75, 3.05) is 0 Å². The second kappa shape index (κ2) is 5.26. The van der Waals surface area contributed by atoms with E-state index in [-0.39, 0.29) is 39.6 Å². The average molecular weight is 369 g/mol. The van der Waals surface area contributed by atoms with Crippen LogP contribution in [-0.2, 0) is 6.42 Å². The van der Waals surface area contributed by atoms with Crippen LogP contribution in [0.1, 0.15) is 17.2 Å². The Kier molecular flexibility index (Phi) is 3.54. The number of aliphatic hydroxyl groups is 1. The monoisotopic (exact) mass is 368 g/mol. The highest BCUT2D eigenvalue weighted by molar-refractivity contribution is 9.10. The number of rotatable bonds is 1. The highest BCUT2D eigenvalue weighted by Crippen LogP contribution is 2.48. The van der Waals surface area contributed by atoms with E-state index in [2.05, 4.69) is 15.9 Å². The van der Waals surface area contributed by atoms with Crippen LogP contribution >= 0.6 is 15.9 Å². The Morgan fingerprint density at radius 3 is 2.36 bits per heavy atom. The van der Waals surface area contributed by atoms with Crippen molar-refractivity contribution < 1.29 is 30.3 Å². The number of hydrogen-bond acceptors (Lipinski definition) is 6. The number of ether oxygens (including phenoxy) is 1. The maximum absolute atomic E-state index is 10.3. The van der Waals surface area contributed by atoms with Gasteiger partial charge in [0.05, 0.1) is 6.10 Å². The molecule has 1 heterocycles. The first-order valence-corrected chi connectivity index (χ1v) is 7.27. The van der Waals surface area contributed by atoms with Gasteiger partial charge in [-0.1, -0.05) is 6.07 Å². The van der Waals surface area contributed by atoms with Crippen LogP contribution in [0, 0.1) is 0 Å². The van der Waals surface area contributed by atoms with Crippen molar-refractivity contribution >= 4 is 15.9 Å². The normalized spacial score (nSPS) is 20.3. The lowest BCUT2D eigenvalue weighted by molar-refractivity contribution is 0.0191. The summed E-state index contributed by atoms with van der Waals surface area (Å²) in [5, 5.41) is 48.8.